The van der Waals surface area contributed by atoms with Gasteiger partial charge in [-0.05, 0) is 80.8 Å². The molecule has 8 heteroatoms. The van der Waals surface area contributed by atoms with E-state index in [1.165, 1.54) is 22.5 Å². The number of carboxylic acids is 1. The first-order valence-electron chi connectivity index (χ1n) is 13.7. The van der Waals surface area contributed by atoms with E-state index in [4.69, 9.17) is 5.11 Å². The van der Waals surface area contributed by atoms with E-state index in [0.717, 1.165) is 36.0 Å². The molecule has 3 rings (SSSR count). The highest BCUT2D eigenvalue weighted by atomic mass is 32.2. The molecule has 0 bridgehead atoms. The molecule has 40 heavy (non-hydrogen) atoms. The van der Waals surface area contributed by atoms with Gasteiger partial charge in [-0.25, -0.2) is 8.42 Å². The molecule has 0 amide bonds. The summed E-state index contributed by atoms with van der Waals surface area (Å²) in [6.45, 7) is 6.52. The van der Waals surface area contributed by atoms with Crippen LogP contribution in [0, 0.1) is 6.92 Å². The maximum atomic E-state index is 13.3. The number of carboxylic acid groups (broad SMARTS) is 1. The number of hydrogen-bond donors (Lipinski definition) is 3. The third kappa shape index (κ3) is 9.55. The summed E-state index contributed by atoms with van der Waals surface area (Å²) in [4.78, 5) is 11.1. The minimum atomic E-state index is -3.83. The maximum absolute atomic E-state index is 13.3. The van der Waals surface area contributed by atoms with Crippen molar-refractivity contribution in [1.82, 2.24) is 9.62 Å². The molecule has 7 nitrogen and oxygen atoms in total. The second kappa shape index (κ2) is 14.0. The summed E-state index contributed by atoms with van der Waals surface area (Å²) in [5, 5.41) is 23.0. The number of aliphatic hydroxyl groups excluding tert-OH is 1. The van der Waals surface area contributed by atoms with Gasteiger partial charge in [0.1, 0.15) is 0 Å². The van der Waals surface area contributed by atoms with E-state index in [1.54, 1.807) is 18.2 Å². The van der Waals surface area contributed by atoms with Crippen LogP contribution in [0.5, 0.6) is 0 Å². The molecule has 0 saturated carbocycles. The molecule has 0 spiro atoms. The van der Waals surface area contributed by atoms with Gasteiger partial charge >= 0.3 is 5.97 Å². The third-order valence-electron chi connectivity index (χ3n) is 7.06. The van der Waals surface area contributed by atoms with Crippen LogP contribution in [0.1, 0.15) is 49.8 Å². The summed E-state index contributed by atoms with van der Waals surface area (Å²) in [5.41, 5.74) is 4.79. The highest BCUT2D eigenvalue weighted by Gasteiger charge is 2.25. The van der Waals surface area contributed by atoms with Crippen molar-refractivity contribution in [2.75, 3.05) is 20.1 Å². The highest BCUT2D eigenvalue weighted by molar-refractivity contribution is 7.89. The van der Waals surface area contributed by atoms with E-state index in [2.05, 4.69) is 50.4 Å². The van der Waals surface area contributed by atoms with Gasteiger partial charge in [0.15, 0.2) is 0 Å². The predicted molar refractivity (Wildman–Crippen MR) is 160 cm³/mol. The van der Waals surface area contributed by atoms with Crippen LogP contribution >= 0.6 is 0 Å². The molecule has 0 aliphatic heterocycles. The van der Waals surface area contributed by atoms with Gasteiger partial charge in [-0.3, -0.25) is 4.79 Å². The lowest BCUT2D eigenvalue weighted by Crippen LogP contribution is -2.46. The molecule has 0 aliphatic rings. The minimum absolute atomic E-state index is 0.0322. The highest BCUT2D eigenvalue weighted by Crippen LogP contribution is 2.25. The zero-order chi connectivity index (χ0) is 29.3. The quantitative estimate of drug-likeness (QED) is 0.238. The molecule has 0 saturated heterocycles. The van der Waals surface area contributed by atoms with Crippen molar-refractivity contribution >= 4 is 16.0 Å². The Kier molecular flexibility index (Phi) is 11.0. The lowest BCUT2D eigenvalue weighted by atomic mass is 9.95. The summed E-state index contributed by atoms with van der Waals surface area (Å²) in [5.74, 6) is -0.861. The molecule has 3 aromatic carbocycles. The van der Waals surface area contributed by atoms with Gasteiger partial charge in [-0.15, -0.1) is 0 Å². The average Bonchev–Trinajstić information content (AvgIpc) is 2.91. The number of carbonyl (C=O) groups is 1. The van der Waals surface area contributed by atoms with Crippen molar-refractivity contribution < 1.29 is 23.4 Å². The van der Waals surface area contributed by atoms with Crippen LogP contribution < -0.4 is 5.32 Å². The predicted octanol–water partition coefficient (Wildman–Crippen LogP) is 5.05. The van der Waals surface area contributed by atoms with Gasteiger partial charge in [0, 0.05) is 32.1 Å². The molecular formula is C32H42N2O5S. The number of nitrogens with one attached hydrogen (secondary N) is 1. The molecule has 0 aliphatic carbocycles. The molecule has 0 radical (unpaired) electrons. The molecule has 1 atom stereocenters. The first kappa shape index (κ1) is 31.5. The van der Waals surface area contributed by atoms with Crippen LogP contribution in [-0.2, 0) is 27.7 Å². The van der Waals surface area contributed by atoms with E-state index in [-0.39, 0.29) is 29.9 Å². The molecule has 0 heterocycles. The first-order chi connectivity index (χ1) is 18.9. The second-order valence-corrected chi connectivity index (χ2v) is 13.2. The van der Waals surface area contributed by atoms with Gasteiger partial charge in [0.2, 0.25) is 10.0 Å². The van der Waals surface area contributed by atoms with E-state index >= 15 is 0 Å². The van der Waals surface area contributed by atoms with Gasteiger partial charge in [-0.2, -0.15) is 4.31 Å². The summed E-state index contributed by atoms with van der Waals surface area (Å²) in [7, 11) is -2.35. The van der Waals surface area contributed by atoms with E-state index in [0.29, 0.717) is 6.42 Å². The fourth-order valence-corrected chi connectivity index (χ4v) is 5.97. The molecule has 216 valence electrons. The molecule has 0 aromatic heterocycles. The van der Waals surface area contributed by atoms with Crippen LogP contribution in [-0.4, -0.2) is 60.7 Å². The molecule has 3 aromatic rings. The number of nitrogens with zero attached hydrogens (tertiary/aromatic N) is 1. The first-order valence-corrected chi connectivity index (χ1v) is 15.2. The van der Waals surface area contributed by atoms with E-state index in [1.807, 2.05) is 30.3 Å². The number of rotatable bonds is 15. The van der Waals surface area contributed by atoms with Crippen molar-refractivity contribution in [3.8, 4) is 11.1 Å². The fourth-order valence-electron chi connectivity index (χ4n) is 4.72. The zero-order valence-corrected chi connectivity index (χ0v) is 24.7. The van der Waals surface area contributed by atoms with Crippen molar-refractivity contribution in [2.24, 2.45) is 0 Å². The smallest absolute Gasteiger partial charge is 0.303 e. The van der Waals surface area contributed by atoms with E-state index in [9.17, 15) is 18.3 Å². The number of sulfonamides is 1. The molecule has 3 N–H and O–H groups in total. The number of aryl methyl sites for hydroxylation is 3. The number of likely N-dealkylation sites (N-methyl/N-ethyl adjacent to an activating group) is 1. The molecule has 0 fully saturated rings. The Hall–Kier alpha value is -3.04. The Bertz CT molecular complexity index is 1390. The summed E-state index contributed by atoms with van der Waals surface area (Å²) in [6, 6.07) is 22.7. The third-order valence-corrected chi connectivity index (χ3v) is 8.88. The lowest BCUT2D eigenvalue weighted by Gasteiger charge is -2.29. The number of β-amino-alcohol motifs (C(OH)–C–C–N with tert-alkyl or cyclic N) is 1. The average molecular weight is 567 g/mol. The number of benzene rings is 3. The van der Waals surface area contributed by atoms with Crippen molar-refractivity contribution in [1.29, 1.82) is 0 Å². The maximum Gasteiger partial charge on any atom is 0.303 e. The topological polar surface area (TPSA) is 107 Å². The largest absolute Gasteiger partial charge is 0.481 e. The lowest BCUT2D eigenvalue weighted by molar-refractivity contribution is -0.136. The Morgan fingerprint density at radius 2 is 1.57 bits per heavy atom. The van der Waals surface area contributed by atoms with E-state index < -0.39 is 22.1 Å². The van der Waals surface area contributed by atoms with Gasteiger partial charge in [0.25, 0.3) is 0 Å². The van der Waals surface area contributed by atoms with Crippen LogP contribution in [0.3, 0.4) is 0 Å². The van der Waals surface area contributed by atoms with Crippen LogP contribution in [0.4, 0.5) is 0 Å². The normalized spacial score (nSPS) is 12.9. The summed E-state index contributed by atoms with van der Waals surface area (Å²) in [6.07, 6.45) is 2.48. The summed E-state index contributed by atoms with van der Waals surface area (Å²) < 4.78 is 27.8. The van der Waals surface area contributed by atoms with Crippen LogP contribution in [0.2, 0.25) is 0 Å². The number of aliphatic carboxylic acids is 1. The molecule has 0 unspecified atom stereocenters. The number of hydrogen-bond acceptors (Lipinski definition) is 5. The van der Waals surface area contributed by atoms with Gasteiger partial charge < -0.3 is 15.5 Å². The monoisotopic (exact) mass is 566 g/mol. The zero-order valence-electron chi connectivity index (χ0n) is 23.9. The fraction of sp³-hybridized carbons (Fsp3) is 0.406. The SMILES string of the molecule is Cc1cccc(CCCC(C)(C)NC[C@@H](O)CN(C)S(=O)(=O)c2cccc(-c3cccc(CCC(=O)O)c3)c2)c1. The van der Waals surface area contributed by atoms with Crippen LogP contribution in [0.15, 0.2) is 77.7 Å². The Labute approximate surface area is 238 Å². The standard InChI is InChI=1S/C32H42N2O5S/c1-24-9-5-10-25(19-24)12-8-18-32(2,3)33-22-29(35)23-34(4)40(38,39)30-15-7-14-28(21-30)27-13-6-11-26(20-27)16-17-31(36)37/h5-7,9-11,13-15,19-21,29,33,35H,8,12,16-18,22-23H2,1-4H3,(H,36,37)/t29-/m1/s1. The van der Waals surface area contributed by atoms with Crippen LogP contribution in [0.25, 0.3) is 11.1 Å². The van der Waals surface area contributed by atoms with Crippen molar-refractivity contribution in [2.45, 2.75) is 69.4 Å². The Morgan fingerprint density at radius 3 is 2.25 bits per heavy atom. The molecular weight excluding hydrogens is 524 g/mol. The Morgan fingerprint density at radius 1 is 0.950 bits per heavy atom. The second-order valence-electron chi connectivity index (χ2n) is 11.2. The van der Waals surface area contributed by atoms with Crippen molar-refractivity contribution in [3.63, 3.8) is 0 Å². The summed E-state index contributed by atoms with van der Waals surface area (Å²) >= 11 is 0. The van der Waals surface area contributed by atoms with Gasteiger partial charge in [-0.1, -0.05) is 66.2 Å². The van der Waals surface area contributed by atoms with Gasteiger partial charge in [0.05, 0.1) is 11.0 Å². The van der Waals surface area contributed by atoms with Crippen molar-refractivity contribution in [3.05, 3.63) is 89.5 Å². The minimum Gasteiger partial charge on any atom is -0.481 e. The Balaban J connectivity index is 1.56. The number of aliphatic hydroxyl groups is 1.